The molecule has 7 heteroatoms. The number of halogens is 2. The van der Waals surface area contributed by atoms with Crippen LogP contribution in [0.4, 0.5) is 0 Å². The van der Waals surface area contributed by atoms with Gasteiger partial charge in [0, 0.05) is 11.4 Å². The Morgan fingerprint density at radius 2 is 2.06 bits per heavy atom. The minimum absolute atomic E-state index is 0.167. The Morgan fingerprint density at radius 3 is 2.53 bits per heavy atom. The maximum atomic E-state index is 11.9. The Hall–Kier alpha value is 0.570. The van der Waals surface area contributed by atoms with Crippen molar-refractivity contribution in [3.8, 4) is 0 Å². The highest BCUT2D eigenvalue weighted by atomic mass is 79.9. The fraction of sp³-hybridized carbons (Fsp3) is 0.600. The highest BCUT2D eigenvalue weighted by molar-refractivity contribution is 9.11. The van der Waals surface area contributed by atoms with Gasteiger partial charge in [0.2, 0.25) is 10.0 Å². The molecule has 1 aromatic heterocycles. The van der Waals surface area contributed by atoms with Crippen LogP contribution >= 0.6 is 43.2 Å². The quantitative estimate of drug-likeness (QED) is 0.736. The first-order valence-electron chi connectivity index (χ1n) is 5.20. The van der Waals surface area contributed by atoms with Gasteiger partial charge in [0.25, 0.3) is 0 Å². The van der Waals surface area contributed by atoms with Gasteiger partial charge in [-0.05, 0) is 40.4 Å². The topological polar surface area (TPSA) is 46.2 Å². The third kappa shape index (κ3) is 5.38. The molecular weight excluding hydrogens is 390 g/mol. The minimum Gasteiger partial charge on any atom is -0.209 e. The molecule has 17 heavy (non-hydrogen) atoms. The van der Waals surface area contributed by atoms with Crippen molar-refractivity contribution in [3.63, 3.8) is 0 Å². The molecule has 0 aliphatic rings. The van der Waals surface area contributed by atoms with E-state index in [0.29, 0.717) is 16.7 Å². The summed E-state index contributed by atoms with van der Waals surface area (Å²) in [6, 6.07) is 3.34. The molecule has 1 N–H and O–H groups in total. The van der Waals surface area contributed by atoms with Crippen LogP contribution in [0.25, 0.3) is 0 Å². The Bertz CT molecular complexity index is 457. The summed E-state index contributed by atoms with van der Waals surface area (Å²) < 4.78 is 27.6. The molecule has 3 nitrogen and oxygen atoms in total. The first-order valence-corrected chi connectivity index (χ1v) is 9.21. The van der Waals surface area contributed by atoms with Crippen molar-refractivity contribution in [3.05, 3.63) is 15.9 Å². The predicted octanol–water partition coefficient (Wildman–Crippen LogP) is 3.60. The smallest absolute Gasteiger partial charge is 0.209 e. The Morgan fingerprint density at radius 1 is 1.41 bits per heavy atom. The van der Waals surface area contributed by atoms with E-state index >= 15 is 0 Å². The molecule has 0 fully saturated rings. The Labute approximate surface area is 123 Å². The summed E-state index contributed by atoms with van der Waals surface area (Å²) in [7, 11) is -3.36. The van der Waals surface area contributed by atoms with E-state index in [2.05, 4.69) is 50.4 Å². The average molecular weight is 405 g/mol. The normalized spacial score (nSPS) is 14.2. The van der Waals surface area contributed by atoms with E-state index in [1.165, 1.54) is 11.3 Å². The minimum atomic E-state index is -3.36. The molecule has 98 valence electrons. The predicted molar refractivity (Wildman–Crippen MR) is 79.4 cm³/mol. The van der Waals surface area contributed by atoms with E-state index in [1.54, 1.807) is 12.1 Å². The number of hydrogen-bond acceptors (Lipinski definition) is 3. The molecule has 0 saturated carbocycles. The monoisotopic (exact) mass is 403 g/mol. The summed E-state index contributed by atoms with van der Waals surface area (Å²) in [5.41, 5.74) is 0. The molecule has 0 aromatic carbocycles. The van der Waals surface area contributed by atoms with Crippen LogP contribution in [0.5, 0.6) is 0 Å². The molecule has 0 aliphatic carbocycles. The Balaban J connectivity index is 2.56. The van der Waals surface area contributed by atoms with Gasteiger partial charge in [-0.2, -0.15) is 0 Å². The van der Waals surface area contributed by atoms with Crippen molar-refractivity contribution in [1.82, 2.24) is 4.72 Å². The van der Waals surface area contributed by atoms with Gasteiger partial charge in [0.1, 0.15) is 4.21 Å². The van der Waals surface area contributed by atoms with Gasteiger partial charge in [0.15, 0.2) is 0 Å². The zero-order valence-electron chi connectivity index (χ0n) is 9.61. The second kappa shape index (κ2) is 6.65. The van der Waals surface area contributed by atoms with Crippen molar-refractivity contribution in [2.24, 2.45) is 5.92 Å². The van der Waals surface area contributed by atoms with E-state index in [4.69, 9.17) is 0 Å². The summed E-state index contributed by atoms with van der Waals surface area (Å²) in [6.45, 7) is 4.63. The first-order chi connectivity index (χ1) is 7.81. The second-order valence-electron chi connectivity index (χ2n) is 4.14. The van der Waals surface area contributed by atoms with Crippen molar-refractivity contribution >= 4 is 53.2 Å². The lowest BCUT2D eigenvalue weighted by Crippen LogP contribution is -2.29. The van der Waals surface area contributed by atoms with Gasteiger partial charge in [-0.25, -0.2) is 13.1 Å². The van der Waals surface area contributed by atoms with Crippen LogP contribution in [0.1, 0.15) is 20.3 Å². The molecule has 1 aromatic rings. The number of hydrogen-bond donors (Lipinski definition) is 1. The standard InChI is InChI=1S/C10H15Br2NO2S2/c1-7(2)5-8(11)6-13-17(14,15)10-4-3-9(12)16-10/h3-4,7-8,13H,5-6H2,1-2H3. The summed E-state index contributed by atoms with van der Waals surface area (Å²) in [5.74, 6) is 0.541. The Kier molecular flexibility index (Phi) is 6.12. The molecule has 1 unspecified atom stereocenters. The highest BCUT2D eigenvalue weighted by Crippen LogP contribution is 2.26. The fourth-order valence-electron chi connectivity index (χ4n) is 1.31. The third-order valence-corrected chi connectivity index (χ3v) is 6.27. The summed E-state index contributed by atoms with van der Waals surface area (Å²) in [6.07, 6.45) is 0.941. The second-order valence-corrected chi connectivity index (χ2v) is 9.89. The van der Waals surface area contributed by atoms with E-state index in [0.717, 1.165) is 10.2 Å². The lowest BCUT2D eigenvalue weighted by atomic mass is 10.1. The summed E-state index contributed by atoms with van der Waals surface area (Å²) >= 11 is 7.94. The molecule has 1 atom stereocenters. The van der Waals surface area contributed by atoms with Gasteiger partial charge < -0.3 is 0 Å². The maximum Gasteiger partial charge on any atom is 0.250 e. The van der Waals surface area contributed by atoms with Gasteiger partial charge in [-0.1, -0.05) is 29.8 Å². The zero-order chi connectivity index (χ0) is 13.1. The van der Waals surface area contributed by atoms with Gasteiger partial charge in [0.05, 0.1) is 3.79 Å². The van der Waals surface area contributed by atoms with E-state index in [9.17, 15) is 8.42 Å². The highest BCUT2D eigenvalue weighted by Gasteiger charge is 2.18. The van der Waals surface area contributed by atoms with Crippen LogP contribution in [0.3, 0.4) is 0 Å². The third-order valence-electron chi connectivity index (χ3n) is 2.04. The van der Waals surface area contributed by atoms with E-state index in [1.807, 2.05) is 0 Å². The molecule has 0 amide bonds. The van der Waals surface area contributed by atoms with Crippen LogP contribution in [0.2, 0.25) is 0 Å². The van der Waals surface area contributed by atoms with Crippen LogP contribution in [0, 0.1) is 5.92 Å². The van der Waals surface area contributed by atoms with Crippen molar-refractivity contribution in [2.45, 2.75) is 29.3 Å². The average Bonchev–Trinajstić information content (AvgIpc) is 2.62. The van der Waals surface area contributed by atoms with Crippen molar-refractivity contribution in [1.29, 1.82) is 0 Å². The van der Waals surface area contributed by atoms with Crippen LogP contribution in [-0.4, -0.2) is 19.8 Å². The molecule has 0 saturated heterocycles. The molecule has 1 rings (SSSR count). The lowest BCUT2D eigenvalue weighted by Gasteiger charge is -2.12. The largest absolute Gasteiger partial charge is 0.250 e. The van der Waals surface area contributed by atoms with Crippen molar-refractivity contribution in [2.75, 3.05) is 6.54 Å². The van der Waals surface area contributed by atoms with Crippen LogP contribution in [-0.2, 0) is 10.0 Å². The van der Waals surface area contributed by atoms with E-state index < -0.39 is 10.0 Å². The zero-order valence-corrected chi connectivity index (χ0v) is 14.4. The van der Waals surface area contributed by atoms with Gasteiger partial charge >= 0.3 is 0 Å². The molecule has 0 radical (unpaired) electrons. The molecule has 1 heterocycles. The number of nitrogens with one attached hydrogen (secondary N) is 1. The molecule has 0 bridgehead atoms. The first kappa shape index (κ1) is 15.6. The SMILES string of the molecule is CC(C)CC(Br)CNS(=O)(=O)c1ccc(Br)s1. The van der Waals surface area contributed by atoms with Crippen molar-refractivity contribution < 1.29 is 8.42 Å². The van der Waals surface area contributed by atoms with Gasteiger partial charge in [-0.3, -0.25) is 0 Å². The van der Waals surface area contributed by atoms with Gasteiger partial charge in [-0.15, -0.1) is 11.3 Å². The van der Waals surface area contributed by atoms with E-state index in [-0.39, 0.29) is 4.83 Å². The number of sulfonamides is 1. The van der Waals surface area contributed by atoms with Crippen LogP contribution in [0.15, 0.2) is 20.1 Å². The molecule has 0 spiro atoms. The number of thiophene rings is 1. The maximum absolute atomic E-state index is 11.9. The number of rotatable bonds is 6. The number of alkyl halides is 1. The molecule has 0 aliphatic heterocycles. The fourth-order valence-corrected chi connectivity index (χ4v) is 5.57. The molecular formula is C10H15Br2NO2S2. The lowest BCUT2D eigenvalue weighted by molar-refractivity contribution is 0.552. The summed E-state index contributed by atoms with van der Waals surface area (Å²) in [4.78, 5) is 0.167. The van der Waals surface area contributed by atoms with Crippen LogP contribution < -0.4 is 4.72 Å². The summed E-state index contributed by atoms with van der Waals surface area (Å²) in [5, 5.41) is 0.